The minimum atomic E-state index is -5.86. The highest BCUT2D eigenvalue weighted by Crippen LogP contribution is 2.47. The number of Topliss-reactive ketones (excluding diaryl/α,β-unsaturated/α-hetero) is 2. The third-order valence-corrected chi connectivity index (χ3v) is 16.0. The van der Waals surface area contributed by atoms with Crippen LogP contribution in [0.25, 0.3) is 22.0 Å². The molecular formula is C40H26N2O19S5. The predicted molar refractivity (Wildman–Crippen MR) is 228 cm³/mol. The Labute approximate surface area is 372 Å². The van der Waals surface area contributed by atoms with E-state index in [9.17, 15) is 84.3 Å². The summed E-state index contributed by atoms with van der Waals surface area (Å²) in [5.41, 5.74) is -7.14. The second kappa shape index (κ2) is 15.5. The van der Waals surface area contributed by atoms with Gasteiger partial charge in [0.2, 0.25) is 0 Å². The number of aromatic amines is 1. The summed E-state index contributed by atoms with van der Waals surface area (Å²) in [6.07, 6.45) is -0.875. The highest BCUT2D eigenvalue weighted by atomic mass is 32.2. The number of nitrogens with one attached hydrogen (secondary N) is 2. The fourth-order valence-corrected chi connectivity index (χ4v) is 12.1. The van der Waals surface area contributed by atoms with Crippen LogP contribution in [0.3, 0.4) is 0 Å². The van der Waals surface area contributed by atoms with E-state index < -0.39 is 161 Å². The molecule has 21 nitrogen and oxygen atoms in total. The molecule has 5 aromatic carbocycles. The van der Waals surface area contributed by atoms with Crippen LogP contribution in [0.2, 0.25) is 0 Å². The van der Waals surface area contributed by atoms with Gasteiger partial charge in [0.05, 0.1) is 49.5 Å². The molecule has 0 saturated carbocycles. The second-order valence-corrected chi connectivity index (χ2v) is 22.4. The number of ketones is 4. The summed E-state index contributed by atoms with van der Waals surface area (Å²) < 4.78 is 170. The SMILES string of the molecule is O=C(c1ccccc1)c1c2c3c(c(Nc4c(S(=O)(=O)O)cc(S(=O)(=O)CCC5C(=O)c6ccc(S(=O)(=O)O)cc6C5=O)cc4S(=O)(=O)O)cc(S(=O)(=O)O)c3[nH]c1=O)C(=O)c1ccccc1-2. The van der Waals surface area contributed by atoms with E-state index in [1.54, 1.807) is 6.07 Å². The Balaban J connectivity index is 1.32. The summed E-state index contributed by atoms with van der Waals surface area (Å²) in [7, 11) is -27.1. The van der Waals surface area contributed by atoms with E-state index in [1.807, 2.05) is 0 Å². The van der Waals surface area contributed by atoms with Gasteiger partial charge in [-0.05, 0) is 48.4 Å². The van der Waals surface area contributed by atoms with Gasteiger partial charge in [-0.15, -0.1) is 0 Å². The van der Waals surface area contributed by atoms with Crippen LogP contribution >= 0.6 is 0 Å². The Hall–Kier alpha value is -6.62. The Kier molecular flexibility index (Phi) is 10.8. The summed E-state index contributed by atoms with van der Waals surface area (Å²) in [6, 6.07) is 15.8. The standard InChI is InChI=1S/C40H26N2O19S5/c43-36(18-6-2-1-3-7-18)33-30-21-8-4-5-9-22(21)39(46)31-26(17-29(66(59,60)61)35(32(30)31)42-40(33)47)41-34-27(64(53,54)55)15-20(16-28(34)65(56,57)58)62(48,49)13-12-24-37(44)23-11-10-19(63(50,51)52)14-25(23)38(24)45/h1-11,14-17,24,41H,12-13H2,(H,42,47)(H,50,51,52)(H,53,54,55)(H,56,57,58)(H,59,60,61). The van der Waals surface area contributed by atoms with E-state index in [0.717, 1.165) is 12.1 Å². The zero-order valence-electron chi connectivity index (χ0n) is 32.6. The number of carbonyl (C=O) groups excluding carboxylic acids is 4. The number of sulfone groups is 1. The van der Waals surface area contributed by atoms with Crippen LogP contribution in [0.4, 0.5) is 11.4 Å². The molecule has 0 aliphatic heterocycles. The van der Waals surface area contributed by atoms with Gasteiger partial charge in [-0.2, -0.15) is 33.7 Å². The molecule has 0 spiro atoms. The molecule has 0 radical (unpaired) electrons. The minimum Gasteiger partial charge on any atom is -0.353 e. The van der Waals surface area contributed by atoms with Crippen LogP contribution in [0.5, 0.6) is 0 Å². The number of pyridine rings is 1. The average molecular weight is 999 g/mol. The van der Waals surface area contributed by atoms with Crippen molar-refractivity contribution in [2.45, 2.75) is 30.9 Å². The molecule has 1 aromatic heterocycles. The van der Waals surface area contributed by atoms with Crippen molar-refractivity contribution in [2.75, 3.05) is 11.1 Å². The summed E-state index contributed by atoms with van der Waals surface area (Å²) >= 11 is 0. The third kappa shape index (κ3) is 7.75. The number of hydrogen-bond donors (Lipinski definition) is 6. The Morgan fingerprint density at radius 3 is 1.71 bits per heavy atom. The van der Waals surface area contributed by atoms with Gasteiger partial charge < -0.3 is 10.3 Å². The monoisotopic (exact) mass is 998 g/mol. The first-order chi connectivity index (χ1) is 30.6. The van der Waals surface area contributed by atoms with Crippen LogP contribution in [0, 0.1) is 5.92 Å². The van der Waals surface area contributed by atoms with Gasteiger partial charge in [-0.25, -0.2) is 8.42 Å². The van der Waals surface area contributed by atoms with Crippen LogP contribution in [-0.2, 0) is 50.3 Å². The summed E-state index contributed by atoms with van der Waals surface area (Å²) in [5.74, 6) is -7.01. The number of aromatic nitrogens is 1. The normalized spacial score (nSPS) is 15.2. The maximum Gasteiger partial charge on any atom is 0.296 e. The minimum absolute atomic E-state index is 0.0507. The molecule has 0 saturated heterocycles. The molecule has 26 heteroatoms. The third-order valence-electron chi connectivity index (χ3n) is 10.8. The topological polar surface area (TPSA) is 365 Å². The van der Waals surface area contributed by atoms with Crippen molar-refractivity contribution in [3.05, 3.63) is 135 Å². The first kappa shape index (κ1) is 45.9. The molecule has 0 fully saturated rings. The van der Waals surface area contributed by atoms with Gasteiger partial charge in [-0.3, -0.25) is 42.2 Å². The van der Waals surface area contributed by atoms with Crippen LogP contribution < -0.4 is 10.9 Å². The van der Waals surface area contributed by atoms with E-state index in [4.69, 9.17) is 0 Å². The van der Waals surface area contributed by atoms with Crippen LogP contribution in [0.1, 0.15) is 59.0 Å². The summed E-state index contributed by atoms with van der Waals surface area (Å²) in [5, 5.41) is 1.64. The largest absolute Gasteiger partial charge is 0.353 e. The highest BCUT2D eigenvalue weighted by Gasteiger charge is 2.41. The van der Waals surface area contributed by atoms with Crippen molar-refractivity contribution in [1.82, 2.24) is 4.98 Å². The zero-order chi connectivity index (χ0) is 48.2. The first-order valence-electron chi connectivity index (χ1n) is 18.4. The average Bonchev–Trinajstić information content (AvgIpc) is 3.47. The fraction of sp³-hybridized carbons (Fsp3) is 0.0750. The molecule has 6 N–H and O–H groups in total. The lowest BCUT2D eigenvalue weighted by Crippen LogP contribution is -2.25. The lowest BCUT2D eigenvalue weighted by Gasteiger charge is -2.26. The fourth-order valence-electron chi connectivity index (χ4n) is 7.90. The van der Waals surface area contributed by atoms with Crippen molar-refractivity contribution >= 4 is 95.7 Å². The maximum absolute atomic E-state index is 14.5. The smallest absolute Gasteiger partial charge is 0.296 e. The van der Waals surface area contributed by atoms with Crippen LogP contribution in [0.15, 0.2) is 120 Å². The molecule has 6 aromatic rings. The van der Waals surface area contributed by atoms with Crippen molar-refractivity contribution in [2.24, 2.45) is 5.92 Å². The molecule has 8 rings (SSSR count). The molecular weight excluding hydrogens is 973 g/mol. The summed E-state index contributed by atoms with van der Waals surface area (Å²) in [6.45, 7) is 0. The van der Waals surface area contributed by atoms with Crippen molar-refractivity contribution in [3.63, 3.8) is 0 Å². The molecule has 0 bridgehead atoms. The second-order valence-electron chi connectivity index (χ2n) is 14.7. The number of anilines is 2. The van der Waals surface area contributed by atoms with Gasteiger partial charge in [0.25, 0.3) is 46.0 Å². The van der Waals surface area contributed by atoms with Gasteiger partial charge in [0.15, 0.2) is 33.0 Å². The zero-order valence-corrected chi connectivity index (χ0v) is 36.7. The number of benzene rings is 5. The molecule has 2 aliphatic rings. The highest BCUT2D eigenvalue weighted by molar-refractivity contribution is 7.91. The summed E-state index contributed by atoms with van der Waals surface area (Å²) in [4.78, 5) is 64.4. The van der Waals surface area contributed by atoms with E-state index >= 15 is 0 Å². The maximum atomic E-state index is 14.5. The van der Waals surface area contributed by atoms with Gasteiger partial charge in [-0.1, -0.05) is 54.6 Å². The number of fused-ring (bicyclic) bond motifs is 3. The number of rotatable bonds is 12. The lowest BCUT2D eigenvalue weighted by atomic mass is 9.80. The van der Waals surface area contributed by atoms with Crippen molar-refractivity contribution in [1.29, 1.82) is 0 Å². The van der Waals surface area contributed by atoms with E-state index in [0.29, 0.717) is 12.1 Å². The predicted octanol–water partition coefficient (Wildman–Crippen LogP) is 3.56. The van der Waals surface area contributed by atoms with E-state index in [2.05, 4.69) is 10.3 Å². The molecule has 1 heterocycles. The molecule has 340 valence electrons. The van der Waals surface area contributed by atoms with Gasteiger partial charge in [0.1, 0.15) is 14.7 Å². The van der Waals surface area contributed by atoms with Crippen molar-refractivity contribution in [3.8, 4) is 11.1 Å². The number of hydrogen-bond acceptors (Lipinski definition) is 16. The number of H-pyrrole nitrogens is 1. The lowest BCUT2D eigenvalue weighted by molar-refractivity contribution is 0.0834. The van der Waals surface area contributed by atoms with Crippen LogP contribution in [-0.4, -0.2) is 94.2 Å². The Bertz CT molecular complexity index is 3850. The van der Waals surface area contributed by atoms with E-state index in [1.165, 1.54) is 48.5 Å². The first-order valence-corrected chi connectivity index (χ1v) is 25.8. The Morgan fingerprint density at radius 1 is 0.576 bits per heavy atom. The number of carbonyl (C=O) groups is 4. The molecule has 1 atom stereocenters. The van der Waals surface area contributed by atoms with E-state index in [-0.39, 0.29) is 39.9 Å². The van der Waals surface area contributed by atoms with Crippen molar-refractivity contribution < 1.29 is 79.5 Å². The quantitative estimate of drug-likeness (QED) is 0.0579. The Morgan fingerprint density at radius 2 is 1.14 bits per heavy atom. The van der Waals surface area contributed by atoms with Gasteiger partial charge >= 0.3 is 0 Å². The van der Waals surface area contributed by atoms with Gasteiger partial charge in [0, 0.05) is 33.2 Å². The molecule has 0 amide bonds. The molecule has 2 aliphatic carbocycles. The molecule has 66 heavy (non-hydrogen) atoms. The molecule has 1 unspecified atom stereocenters.